The van der Waals surface area contributed by atoms with E-state index < -0.39 is 0 Å². The fraction of sp³-hybridized carbons (Fsp3) is 0.118. The summed E-state index contributed by atoms with van der Waals surface area (Å²) in [5.41, 5.74) is 3.32. The first-order valence-corrected chi connectivity index (χ1v) is 6.88. The van der Waals surface area contributed by atoms with Gasteiger partial charge in [-0.3, -0.25) is 4.98 Å². The molecule has 0 aliphatic rings. The van der Waals surface area contributed by atoms with Gasteiger partial charge in [0.1, 0.15) is 0 Å². The van der Waals surface area contributed by atoms with Crippen molar-refractivity contribution < 1.29 is 4.68 Å². The normalized spacial score (nSPS) is 11.6. The second-order valence-corrected chi connectivity index (χ2v) is 4.90. The van der Waals surface area contributed by atoms with Crippen LogP contribution in [0.15, 0.2) is 78.6 Å². The van der Waals surface area contributed by atoms with Crippen molar-refractivity contribution in [1.29, 1.82) is 0 Å². The van der Waals surface area contributed by atoms with E-state index in [9.17, 15) is 0 Å². The van der Waals surface area contributed by atoms with Crippen molar-refractivity contribution in [3.05, 3.63) is 90.1 Å². The van der Waals surface area contributed by atoms with E-state index in [0.717, 1.165) is 12.0 Å². The zero-order valence-electron chi connectivity index (χ0n) is 11.9. The van der Waals surface area contributed by atoms with Crippen LogP contribution in [0.5, 0.6) is 0 Å². The van der Waals surface area contributed by atoms with Crippen molar-refractivity contribution in [3.8, 4) is 0 Å². The molecule has 0 bridgehead atoms. The van der Waals surface area contributed by atoms with Crippen LogP contribution in [0.25, 0.3) is 0 Å². The van der Waals surface area contributed by atoms with E-state index in [-0.39, 0.29) is 0 Å². The fourth-order valence-corrected chi connectivity index (χ4v) is 2.06. The maximum atomic E-state index is 4.57. The average molecular weight is 277 g/mol. The topological polar surface area (TPSA) is 34.1 Å². The van der Waals surface area contributed by atoms with E-state index in [2.05, 4.69) is 45.8 Å². The van der Waals surface area contributed by atoms with Crippen molar-refractivity contribution in [1.82, 2.24) is 9.55 Å². The molecule has 0 N–H and O–H groups in total. The Bertz CT molecular complexity index is 774. The molecule has 0 amide bonds. The molecule has 0 unspecified atom stereocenters. The first kappa shape index (κ1) is 13.2. The van der Waals surface area contributed by atoms with Crippen LogP contribution in [0.3, 0.4) is 0 Å². The summed E-state index contributed by atoms with van der Waals surface area (Å²) < 4.78 is 3.86. The van der Waals surface area contributed by atoms with Crippen molar-refractivity contribution in [2.24, 2.45) is 5.10 Å². The molecule has 0 aliphatic carbocycles. The molecule has 2 aromatic heterocycles. The van der Waals surface area contributed by atoms with Crippen LogP contribution in [-0.2, 0) is 6.54 Å². The predicted molar refractivity (Wildman–Crippen MR) is 80.1 cm³/mol. The smallest absolute Gasteiger partial charge is 0.219 e. The van der Waals surface area contributed by atoms with Crippen LogP contribution in [0, 0.1) is 6.92 Å². The second-order valence-electron chi connectivity index (χ2n) is 4.90. The van der Waals surface area contributed by atoms with Gasteiger partial charge in [0.2, 0.25) is 17.9 Å². The summed E-state index contributed by atoms with van der Waals surface area (Å²) in [4.78, 5) is 4.17. The number of pyridine rings is 1. The molecule has 0 radical (unpaired) electrons. The Morgan fingerprint density at radius 3 is 2.62 bits per heavy atom. The Morgan fingerprint density at radius 1 is 1.10 bits per heavy atom. The summed E-state index contributed by atoms with van der Waals surface area (Å²) in [5, 5.41) is 4.57. The zero-order chi connectivity index (χ0) is 14.5. The lowest BCUT2D eigenvalue weighted by molar-refractivity contribution is -0.683. The highest BCUT2D eigenvalue weighted by Crippen LogP contribution is 2.03. The Balaban J connectivity index is 1.96. The van der Waals surface area contributed by atoms with E-state index in [1.807, 2.05) is 36.8 Å². The van der Waals surface area contributed by atoms with Crippen molar-refractivity contribution in [2.45, 2.75) is 13.5 Å². The summed E-state index contributed by atoms with van der Waals surface area (Å²) in [5.74, 6) is 0. The number of aromatic nitrogens is 3. The second kappa shape index (κ2) is 6.13. The zero-order valence-corrected chi connectivity index (χ0v) is 11.9. The summed E-state index contributed by atoms with van der Waals surface area (Å²) >= 11 is 0. The average Bonchev–Trinajstić information content (AvgIpc) is 2.52. The monoisotopic (exact) mass is 277 g/mol. The molecule has 0 saturated heterocycles. The molecular weight excluding hydrogens is 260 g/mol. The first-order valence-electron chi connectivity index (χ1n) is 6.88. The third-order valence-electron chi connectivity index (χ3n) is 3.21. The minimum Gasteiger partial charge on any atom is -0.321 e. The van der Waals surface area contributed by atoms with Gasteiger partial charge in [-0.1, -0.05) is 40.6 Å². The van der Waals surface area contributed by atoms with Crippen LogP contribution < -0.4 is 10.2 Å². The molecule has 0 saturated carbocycles. The minimum atomic E-state index is 0.773. The van der Waals surface area contributed by atoms with Gasteiger partial charge < -0.3 is 4.57 Å². The Hall–Kier alpha value is -2.75. The lowest BCUT2D eigenvalue weighted by Gasteiger charge is -2.06. The highest BCUT2D eigenvalue weighted by atomic mass is 15.3. The molecule has 21 heavy (non-hydrogen) atoms. The third-order valence-corrected chi connectivity index (χ3v) is 3.21. The lowest BCUT2D eigenvalue weighted by atomic mass is 10.1. The minimum absolute atomic E-state index is 0.773. The Kier molecular flexibility index (Phi) is 3.87. The molecule has 1 aromatic carbocycles. The van der Waals surface area contributed by atoms with Gasteiger partial charge in [0, 0.05) is 36.2 Å². The molecule has 3 aromatic rings. The number of hydrogen-bond acceptors (Lipinski definition) is 2. The molecule has 4 heteroatoms. The largest absolute Gasteiger partial charge is 0.321 e. The van der Waals surface area contributed by atoms with Gasteiger partial charge in [0.15, 0.2) is 0 Å². The summed E-state index contributed by atoms with van der Waals surface area (Å²) in [6.07, 6.45) is 9.31. The van der Waals surface area contributed by atoms with Gasteiger partial charge in [-0.15, -0.1) is 0 Å². The molecule has 0 fully saturated rings. The van der Waals surface area contributed by atoms with Crippen molar-refractivity contribution >= 4 is 0 Å². The Labute approximate surface area is 123 Å². The van der Waals surface area contributed by atoms with Gasteiger partial charge in [-0.2, -0.15) is 0 Å². The fourth-order valence-electron chi connectivity index (χ4n) is 2.06. The maximum absolute atomic E-state index is 4.57. The quantitative estimate of drug-likeness (QED) is 0.673. The molecule has 0 aliphatic heterocycles. The van der Waals surface area contributed by atoms with Gasteiger partial charge in [-0.25, -0.2) is 0 Å². The molecule has 104 valence electrons. The summed E-state index contributed by atoms with van der Waals surface area (Å²) in [6, 6.07) is 14.4. The predicted octanol–water partition coefficient (Wildman–Crippen LogP) is 1.89. The molecule has 0 atom stereocenters. The first-order chi connectivity index (χ1) is 10.3. The number of aryl methyl sites for hydroxylation is 1. The van der Waals surface area contributed by atoms with E-state index >= 15 is 0 Å². The van der Waals surface area contributed by atoms with Crippen LogP contribution >= 0.6 is 0 Å². The highest BCUT2D eigenvalue weighted by Gasteiger charge is 2.00. The van der Waals surface area contributed by atoms with Crippen LogP contribution in [0.2, 0.25) is 0 Å². The molecule has 4 nitrogen and oxygen atoms in total. The molecule has 0 spiro atoms. The van der Waals surface area contributed by atoms with Crippen molar-refractivity contribution in [2.75, 3.05) is 0 Å². The van der Waals surface area contributed by atoms with Gasteiger partial charge in [-0.05, 0) is 12.5 Å². The van der Waals surface area contributed by atoms with Crippen molar-refractivity contribution in [3.63, 3.8) is 0 Å². The summed E-state index contributed by atoms with van der Waals surface area (Å²) in [6.45, 7) is 2.87. The Morgan fingerprint density at radius 2 is 1.86 bits per heavy atom. The number of hydrogen-bond donors (Lipinski definition) is 0. The molecule has 2 heterocycles. The van der Waals surface area contributed by atoms with Crippen LogP contribution in [0.1, 0.15) is 11.1 Å². The molecular formula is C17H17N4+. The number of benzene rings is 1. The third kappa shape index (κ3) is 3.42. The lowest BCUT2D eigenvalue weighted by Crippen LogP contribution is -2.34. The molecule has 3 rings (SSSR count). The SMILES string of the molecule is Cc1ccc(Cn2ccnc/c2=N\[n+]2ccccc2)cc1. The van der Waals surface area contributed by atoms with Gasteiger partial charge in [0.05, 0.1) is 6.20 Å². The highest BCUT2D eigenvalue weighted by molar-refractivity contribution is 5.21. The summed E-state index contributed by atoms with van der Waals surface area (Å²) in [7, 11) is 0. The standard InChI is InChI=1S/C17H17N4/c1-15-5-7-16(8-6-15)14-20-12-9-18-13-17(20)19-21-10-3-2-4-11-21/h2-13H,14H2,1H3/q+1/b19-17+. The van der Waals surface area contributed by atoms with Gasteiger partial charge >= 0.3 is 0 Å². The van der Waals surface area contributed by atoms with Crippen LogP contribution in [0.4, 0.5) is 0 Å². The number of rotatable bonds is 3. The van der Waals surface area contributed by atoms with Crippen LogP contribution in [-0.4, -0.2) is 9.55 Å². The van der Waals surface area contributed by atoms with E-state index in [4.69, 9.17) is 0 Å². The van der Waals surface area contributed by atoms with E-state index in [1.54, 1.807) is 17.1 Å². The number of nitrogens with zero attached hydrogens (tertiary/aromatic N) is 4. The van der Waals surface area contributed by atoms with E-state index in [0.29, 0.717) is 0 Å². The van der Waals surface area contributed by atoms with Gasteiger partial charge in [0.25, 0.3) is 0 Å². The van der Waals surface area contributed by atoms with E-state index in [1.165, 1.54) is 11.1 Å². The maximum Gasteiger partial charge on any atom is 0.219 e.